The number of unbranched alkanes of at least 4 members (excludes halogenated alkanes) is 13. The van der Waals surface area contributed by atoms with E-state index in [9.17, 15) is 29.1 Å². The predicted octanol–water partition coefficient (Wildman–Crippen LogP) is 8.69. The van der Waals surface area contributed by atoms with Gasteiger partial charge in [0.15, 0.2) is 6.10 Å². The van der Waals surface area contributed by atoms with Crippen LogP contribution in [-0.4, -0.2) is 83.4 Å². The molecule has 16 heteroatoms. The Morgan fingerprint density at radius 2 is 1.41 bits per heavy atom. The molecule has 2 fully saturated rings. The lowest BCUT2D eigenvalue weighted by Gasteiger charge is -2.27. The second kappa shape index (κ2) is 31.4. The van der Waals surface area contributed by atoms with E-state index in [2.05, 4.69) is 16.3 Å². The Bertz CT molecular complexity index is 1280. The van der Waals surface area contributed by atoms with Gasteiger partial charge in [0, 0.05) is 31.1 Å². The maximum Gasteiger partial charge on any atom is 0.472 e. The average Bonchev–Trinajstić information content (AvgIpc) is 3.81. The molecule has 1 saturated carbocycles. The first-order valence-electron chi connectivity index (χ1n) is 21.6. The van der Waals surface area contributed by atoms with E-state index >= 15 is 0 Å². The Hall–Kier alpha value is -2.46. The van der Waals surface area contributed by atoms with Gasteiger partial charge in [0.2, 0.25) is 0 Å². The molecule has 1 heterocycles. The summed E-state index contributed by atoms with van der Waals surface area (Å²) in [6.45, 7) is 2.44. The number of carbonyl (C=O) groups is 3. The molecule has 2 aliphatic rings. The van der Waals surface area contributed by atoms with E-state index < -0.39 is 63.8 Å². The summed E-state index contributed by atoms with van der Waals surface area (Å²) in [5, 5.41) is 18.2. The lowest BCUT2D eigenvalue weighted by molar-refractivity contribution is -0.336. The van der Waals surface area contributed by atoms with Crippen LogP contribution in [0.3, 0.4) is 0 Å². The molecule has 0 aromatic rings. The van der Waals surface area contributed by atoms with Crippen LogP contribution in [0.5, 0.6) is 0 Å². The minimum atomic E-state index is -4.77. The van der Waals surface area contributed by atoms with Crippen molar-refractivity contribution < 1.29 is 67.4 Å². The quantitative estimate of drug-likeness (QED) is 0.0116. The van der Waals surface area contributed by atoms with Crippen molar-refractivity contribution in [2.75, 3.05) is 19.8 Å². The number of carboxylic acid groups (broad SMARTS) is 1. The number of phosphoric acid groups is 1. The first kappa shape index (κ1) is 51.7. The molecule has 0 radical (unpaired) electrons. The number of fused-ring (bicyclic) bond motifs is 2. The van der Waals surface area contributed by atoms with Gasteiger partial charge in [-0.2, -0.15) is 0 Å². The molecule has 0 aromatic carbocycles. The number of hydrogen-bond acceptors (Lipinski definition) is 13. The molecule has 5 N–H and O–H groups in total. The van der Waals surface area contributed by atoms with E-state index in [1.807, 2.05) is 43.4 Å². The van der Waals surface area contributed by atoms with Gasteiger partial charge in [0.25, 0.3) is 0 Å². The van der Waals surface area contributed by atoms with Crippen LogP contribution in [0, 0.1) is 11.8 Å². The Morgan fingerprint density at radius 1 is 0.793 bits per heavy atom. The summed E-state index contributed by atoms with van der Waals surface area (Å²) in [6.07, 6.45) is 29.7. The minimum absolute atomic E-state index is 0.0277. The van der Waals surface area contributed by atoms with Crippen LogP contribution < -0.4 is 5.73 Å². The maximum absolute atomic E-state index is 12.8. The lowest BCUT2D eigenvalue weighted by atomic mass is 9.89. The van der Waals surface area contributed by atoms with Crippen molar-refractivity contribution in [2.24, 2.45) is 17.6 Å². The molecule has 1 aliphatic carbocycles. The molecule has 0 spiro atoms. The van der Waals surface area contributed by atoms with Crippen LogP contribution in [0.1, 0.15) is 149 Å². The largest absolute Gasteiger partial charge is 0.480 e. The van der Waals surface area contributed by atoms with E-state index in [1.165, 1.54) is 57.8 Å². The summed E-state index contributed by atoms with van der Waals surface area (Å²) >= 11 is 0. The molecule has 58 heavy (non-hydrogen) atoms. The van der Waals surface area contributed by atoms with Crippen LogP contribution in [0.15, 0.2) is 36.5 Å². The number of phosphoric ester groups is 1. The van der Waals surface area contributed by atoms with E-state index in [4.69, 9.17) is 34.6 Å². The number of aliphatic carboxylic acids is 1. The third-order valence-electron chi connectivity index (χ3n) is 10.3. The van der Waals surface area contributed by atoms with Crippen molar-refractivity contribution in [1.82, 2.24) is 0 Å². The Labute approximate surface area is 345 Å². The van der Waals surface area contributed by atoms with Crippen molar-refractivity contribution >= 4 is 25.7 Å². The molecule has 8 unspecified atom stereocenters. The zero-order chi connectivity index (χ0) is 42.4. The molecule has 2 rings (SSSR count). The molecular weight excluding hydrogens is 773 g/mol. The third kappa shape index (κ3) is 23.4. The number of rotatable bonds is 36. The standard InChI is InChI=1S/C42H72NO14P/c1-3-5-7-8-9-10-11-12-13-14-15-16-21-25-40(44)51-30-34(31-52-58(49,50)53-32-37(43)42(46)47)54-41(45)26-22-18-17-20-24-35-36(39-29-38(35)56-57-39)28-27-33(55-48)23-19-6-4-2/h6,17,19-20,27-28,33-39,48H,3-5,7-16,18,21-26,29-32,43H2,1-2H3,(H,46,47)(H,49,50)/b19-6-,20-17-,28-27+. The molecule has 2 bridgehead atoms. The summed E-state index contributed by atoms with van der Waals surface area (Å²) in [7, 11) is -4.77. The van der Waals surface area contributed by atoms with Crippen molar-refractivity contribution in [3.05, 3.63) is 36.5 Å². The van der Waals surface area contributed by atoms with Gasteiger partial charge in [-0.15, -0.1) is 0 Å². The SMILES string of the molecule is CC/C=C\CC(/C=C/C1C2CC(OO2)C1C/C=C\CCCC(=O)OC(COC(=O)CCCCCCCCCCCCCCC)COP(=O)(O)OCC(N)C(=O)O)OO. The second-order valence-electron chi connectivity index (χ2n) is 15.3. The van der Waals surface area contributed by atoms with Crippen molar-refractivity contribution in [3.63, 3.8) is 0 Å². The highest BCUT2D eigenvalue weighted by molar-refractivity contribution is 7.47. The smallest absolute Gasteiger partial charge is 0.472 e. The number of nitrogens with two attached hydrogens (primary N) is 1. The van der Waals surface area contributed by atoms with Crippen molar-refractivity contribution in [3.8, 4) is 0 Å². The van der Waals surface area contributed by atoms with E-state index in [1.54, 1.807) is 0 Å². The van der Waals surface area contributed by atoms with Gasteiger partial charge in [-0.25, -0.2) is 19.2 Å². The van der Waals surface area contributed by atoms with Gasteiger partial charge in [0.05, 0.1) is 19.3 Å². The molecule has 0 amide bonds. The first-order chi connectivity index (χ1) is 28.0. The number of carbonyl (C=O) groups excluding carboxylic acids is 2. The van der Waals surface area contributed by atoms with E-state index in [0.29, 0.717) is 25.7 Å². The highest BCUT2D eigenvalue weighted by Crippen LogP contribution is 2.45. The zero-order valence-electron chi connectivity index (χ0n) is 34.8. The second-order valence-corrected chi connectivity index (χ2v) is 16.7. The average molecular weight is 846 g/mol. The summed E-state index contributed by atoms with van der Waals surface area (Å²) in [5.74, 6) is -2.25. The molecule has 1 saturated heterocycles. The highest BCUT2D eigenvalue weighted by atomic mass is 31.2. The third-order valence-corrected chi connectivity index (χ3v) is 11.3. The van der Waals surface area contributed by atoms with Crippen molar-refractivity contribution in [1.29, 1.82) is 0 Å². The Kier molecular flexibility index (Phi) is 28.0. The zero-order valence-corrected chi connectivity index (χ0v) is 35.7. The summed E-state index contributed by atoms with van der Waals surface area (Å²) < 4.78 is 32.8. The van der Waals surface area contributed by atoms with Gasteiger partial charge in [0.1, 0.15) is 24.9 Å². The van der Waals surface area contributed by atoms with Crippen LogP contribution in [0.25, 0.3) is 0 Å². The van der Waals surface area contributed by atoms with E-state index in [-0.39, 0.29) is 36.9 Å². The van der Waals surface area contributed by atoms with E-state index in [0.717, 1.165) is 38.5 Å². The highest BCUT2D eigenvalue weighted by Gasteiger charge is 2.49. The molecule has 8 atom stereocenters. The van der Waals surface area contributed by atoms with Gasteiger partial charge in [-0.3, -0.25) is 28.7 Å². The molecule has 1 aliphatic heterocycles. The minimum Gasteiger partial charge on any atom is -0.480 e. The van der Waals surface area contributed by atoms with Gasteiger partial charge < -0.3 is 25.2 Å². The van der Waals surface area contributed by atoms with Gasteiger partial charge in [-0.05, 0) is 38.5 Å². The monoisotopic (exact) mass is 845 g/mol. The fourth-order valence-electron chi connectivity index (χ4n) is 6.92. The molecule has 15 nitrogen and oxygen atoms in total. The number of esters is 2. The predicted molar refractivity (Wildman–Crippen MR) is 218 cm³/mol. The number of carboxylic acids is 1. The summed E-state index contributed by atoms with van der Waals surface area (Å²) in [6, 6.07) is -1.55. The normalized spacial score (nSPS) is 21.8. The number of ether oxygens (including phenoxy) is 2. The first-order valence-corrected chi connectivity index (χ1v) is 23.0. The number of hydrogen-bond donors (Lipinski definition) is 4. The van der Waals surface area contributed by atoms with Crippen LogP contribution in [0.2, 0.25) is 0 Å². The number of allylic oxidation sites excluding steroid dienone is 3. The summed E-state index contributed by atoms with van der Waals surface area (Å²) in [5.41, 5.74) is 5.34. The lowest BCUT2D eigenvalue weighted by Crippen LogP contribution is -2.34. The molecule has 0 aromatic heterocycles. The fraction of sp³-hybridized carbons (Fsp3) is 0.786. The molecule has 334 valence electrons. The topological polar surface area (TPSA) is 220 Å². The summed E-state index contributed by atoms with van der Waals surface area (Å²) in [4.78, 5) is 61.8. The van der Waals surface area contributed by atoms with Crippen LogP contribution in [-0.2, 0) is 52.1 Å². The van der Waals surface area contributed by atoms with Gasteiger partial charge in [-0.1, -0.05) is 127 Å². The Morgan fingerprint density at radius 3 is 2.05 bits per heavy atom. The molecular formula is C42H72NO14P. The van der Waals surface area contributed by atoms with Crippen LogP contribution in [0.4, 0.5) is 0 Å². The van der Waals surface area contributed by atoms with Crippen molar-refractivity contribution in [2.45, 2.75) is 179 Å². The van der Waals surface area contributed by atoms with Crippen LogP contribution >= 0.6 is 7.82 Å². The Balaban J connectivity index is 1.77. The van der Waals surface area contributed by atoms with Gasteiger partial charge >= 0.3 is 25.7 Å². The maximum atomic E-state index is 12.8. The fourth-order valence-corrected chi connectivity index (χ4v) is 7.70.